The third kappa shape index (κ3) is 4.57. The number of anilines is 2. The number of fused-ring (bicyclic) bond motifs is 1. The summed E-state index contributed by atoms with van der Waals surface area (Å²) >= 11 is 5.74. The molecule has 0 bridgehead atoms. The van der Waals surface area contributed by atoms with Gasteiger partial charge in [-0.3, -0.25) is 0 Å². The van der Waals surface area contributed by atoms with Gasteiger partial charge in [0.25, 0.3) is 0 Å². The van der Waals surface area contributed by atoms with Crippen molar-refractivity contribution in [2.24, 2.45) is 7.05 Å². The van der Waals surface area contributed by atoms with Crippen molar-refractivity contribution in [3.05, 3.63) is 59.7 Å². The molecule has 0 unspecified atom stereocenters. The molecule has 0 aliphatic carbocycles. The van der Waals surface area contributed by atoms with Gasteiger partial charge in [0.2, 0.25) is 0 Å². The number of rotatable bonds is 6. The van der Waals surface area contributed by atoms with Gasteiger partial charge in [0.15, 0.2) is 11.5 Å². The van der Waals surface area contributed by atoms with E-state index in [9.17, 15) is 9.50 Å². The molecule has 4 aromatic rings. The summed E-state index contributed by atoms with van der Waals surface area (Å²) in [5, 5.41) is 13.1. The number of ether oxygens (including phenoxy) is 2. The molecule has 4 rings (SSSR count). The minimum absolute atomic E-state index is 0. The van der Waals surface area contributed by atoms with E-state index in [1.54, 1.807) is 18.3 Å². The lowest BCUT2D eigenvalue weighted by atomic mass is 10.2. The molecule has 0 fully saturated rings. The molecule has 11 heteroatoms. The highest BCUT2D eigenvalue weighted by atomic mass is 35.5. The van der Waals surface area contributed by atoms with E-state index in [-0.39, 0.29) is 35.5 Å². The van der Waals surface area contributed by atoms with E-state index in [0.29, 0.717) is 28.2 Å². The first-order valence-corrected chi connectivity index (χ1v) is 9.21. The highest BCUT2D eigenvalue weighted by Crippen LogP contribution is 2.36. The van der Waals surface area contributed by atoms with Crippen molar-refractivity contribution in [3.63, 3.8) is 0 Å². The van der Waals surface area contributed by atoms with Crippen molar-refractivity contribution in [1.82, 2.24) is 19.5 Å². The number of benzene rings is 2. The van der Waals surface area contributed by atoms with Crippen molar-refractivity contribution in [2.75, 3.05) is 12.4 Å². The van der Waals surface area contributed by atoms with Gasteiger partial charge in [-0.05, 0) is 12.1 Å². The van der Waals surface area contributed by atoms with Crippen molar-refractivity contribution < 1.29 is 19.0 Å². The van der Waals surface area contributed by atoms with E-state index in [4.69, 9.17) is 21.1 Å². The average molecular weight is 466 g/mol. The maximum atomic E-state index is 14.2. The Kier molecular flexibility index (Phi) is 6.67. The number of nitrogens with zero attached hydrogens (tertiary/aromatic N) is 4. The number of phenols is 1. The van der Waals surface area contributed by atoms with Gasteiger partial charge in [0.1, 0.15) is 36.1 Å². The van der Waals surface area contributed by atoms with Gasteiger partial charge in [-0.15, -0.1) is 12.4 Å². The topological polar surface area (TPSA) is 94.3 Å². The molecule has 8 nitrogen and oxygen atoms in total. The van der Waals surface area contributed by atoms with E-state index >= 15 is 0 Å². The molecule has 162 valence electrons. The molecule has 0 amide bonds. The van der Waals surface area contributed by atoms with Gasteiger partial charge in [-0.1, -0.05) is 11.6 Å². The van der Waals surface area contributed by atoms with E-state index in [0.717, 1.165) is 11.9 Å². The highest BCUT2D eigenvalue weighted by Gasteiger charge is 2.15. The van der Waals surface area contributed by atoms with Gasteiger partial charge >= 0.3 is 0 Å². The van der Waals surface area contributed by atoms with Crippen LogP contribution in [-0.4, -0.2) is 31.7 Å². The number of imidazole rings is 1. The Balaban J connectivity index is 0.00000272. The van der Waals surface area contributed by atoms with E-state index in [1.807, 2.05) is 17.8 Å². The van der Waals surface area contributed by atoms with Crippen LogP contribution in [0.25, 0.3) is 10.9 Å². The van der Waals surface area contributed by atoms with Crippen molar-refractivity contribution in [2.45, 2.75) is 6.61 Å². The summed E-state index contributed by atoms with van der Waals surface area (Å²) in [5.41, 5.74) is 0.577. The quantitative estimate of drug-likeness (QED) is 0.429. The van der Waals surface area contributed by atoms with E-state index in [2.05, 4.69) is 20.3 Å². The molecule has 31 heavy (non-hydrogen) atoms. The zero-order valence-corrected chi connectivity index (χ0v) is 18.0. The molecule has 0 aliphatic rings. The minimum Gasteiger partial charge on any atom is -0.506 e. The molecule has 2 aromatic heterocycles. The maximum Gasteiger partial charge on any atom is 0.164 e. The lowest BCUT2D eigenvalue weighted by Gasteiger charge is -2.14. The molecule has 2 aromatic carbocycles. The Morgan fingerprint density at radius 3 is 2.68 bits per heavy atom. The number of aromatic nitrogens is 4. The molecule has 2 N–H and O–H groups in total. The fraction of sp³-hybridized carbons (Fsp3) is 0.150. The Bertz CT molecular complexity index is 1240. The lowest BCUT2D eigenvalue weighted by molar-refractivity contribution is 0.273. The highest BCUT2D eigenvalue weighted by molar-refractivity contribution is 6.32. The van der Waals surface area contributed by atoms with Crippen LogP contribution in [0.5, 0.6) is 17.2 Å². The van der Waals surface area contributed by atoms with Crippen LogP contribution in [0.4, 0.5) is 15.9 Å². The number of hydrogen-bond acceptors (Lipinski definition) is 7. The van der Waals surface area contributed by atoms with Crippen molar-refractivity contribution >= 4 is 46.4 Å². The zero-order valence-electron chi connectivity index (χ0n) is 16.5. The fourth-order valence-electron chi connectivity index (χ4n) is 2.87. The molecule has 2 heterocycles. The van der Waals surface area contributed by atoms with Crippen LogP contribution in [0.1, 0.15) is 5.82 Å². The van der Waals surface area contributed by atoms with Crippen molar-refractivity contribution in [1.29, 1.82) is 0 Å². The first kappa shape index (κ1) is 22.4. The third-order valence-corrected chi connectivity index (χ3v) is 4.79. The molecule has 0 radical (unpaired) electrons. The predicted molar refractivity (Wildman–Crippen MR) is 117 cm³/mol. The summed E-state index contributed by atoms with van der Waals surface area (Å²) in [4.78, 5) is 12.7. The summed E-state index contributed by atoms with van der Waals surface area (Å²) in [6.07, 6.45) is 4.86. The van der Waals surface area contributed by atoms with E-state index < -0.39 is 5.82 Å². The number of nitrogens with one attached hydrogen (secondary N) is 1. The minimum atomic E-state index is -0.633. The largest absolute Gasteiger partial charge is 0.506 e. The van der Waals surface area contributed by atoms with Gasteiger partial charge in [0.05, 0.1) is 23.3 Å². The van der Waals surface area contributed by atoms with Crippen LogP contribution in [0.3, 0.4) is 0 Å². The number of methoxy groups -OCH3 is 1. The number of halogens is 3. The molecule has 0 aliphatic heterocycles. The molecule has 0 saturated carbocycles. The lowest BCUT2D eigenvalue weighted by Crippen LogP contribution is -2.04. The van der Waals surface area contributed by atoms with Crippen LogP contribution in [-0.2, 0) is 13.7 Å². The maximum absolute atomic E-state index is 14.2. The van der Waals surface area contributed by atoms with Gasteiger partial charge < -0.3 is 24.5 Å². The monoisotopic (exact) mass is 465 g/mol. The number of aryl methyl sites for hydroxylation is 1. The van der Waals surface area contributed by atoms with E-state index in [1.165, 1.54) is 19.5 Å². The molecule has 0 spiro atoms. The molecule has 0 saturated heterocycles. The first-order chi connectivity index (χ1) is 14.5. The van der Waals surface area contributed by atoms with Crippen LogP contribution >= 0.6 is 24.0 Å². The van der Waals surface area contributed by atoms with Gasteiger partial charge in [-0.2, -0.15) is 0 Å². The summed E-state index contributed by atoms with van der Waals surface area (Å²) < 4.78 is 27.4. The van der Waals surface area contributed by atoms with Crippen LogP contribution in [0.15, 0.2) is 43.0 Å². The molecule has 0 atom stereocenters. The third-order valence-electron chi connectivity index (χ3n) is 4.49. The predicted octanol–water partition coefficient (Wildman–Crippen LogP) is 4.61. The average Bonchev–Trinajstić information content (AvgIpc) is 3.14. The summed E-state index contributed by atoms with van der Waals surface area (Å²) in [6.45, 7) is 0.247. The zero-order chi connectivity index (χ0) is 21.3. The van der Waals surface area contributed by atoms with Crippen molar-refractivity contribution in [3.8, 4) is 17.2 Å². The Morgan fingerprint density at radius 1 is 1.16 bits per heavy atom. The Morgan fingerprint density at radius 2 is 1.97 bits per heavy atom. The van der Waals surface area contributed by atoms with Gasteiger partial charge in [0, 0.05) is 37.0 Å². The van der Waals surface area contributed by atoms with Crippen LogP contribution in [0, 0.1) is 5.82 Å². The second-order valence-electron chi connectivity index (χ2n) is 6.39. The second kappa shape index (κ2) is 9.23. The molecular weight excluding hydrogens is 448 g/mol. The molecular formula is C20H18Cl2FN5O3. The summed E-state index contributed by atoms with van der Waals surface area (Å²) in [6, 6.07) is 5.61. The fourth-order valence-corrected chi connectivity index (χ4v) is 3.03. The Hall–Kier alpha value is -3.30. The Labute approximate surface area is 188 Å². The normalized spacial score (nSPS) is 10.6. The number of phenolic OH excluding ortho intramolecular Hbond substituents is 1. The summed E-state index contributed by atoms with van der Waals surface area (Å²) in [5.74, 6) is 1.13. The number of hydrogen-bond donors (Lipinski definition) is 2. The second-order valence-corrected chi connectivity index (χ2v) is 6.80. The summed E-state index contributed by atoms with van der Waals surface area (Å²) in [7, 11) is 3.39. The number of aromatic hydroxyl groups is 1. The van der Waals surface area contributed by atoms with Crippen LogP contribution < -0.4 is 14.8 Å². The van der Waals surface area contributed by atoms with Crippen LogP contribution in [0.2, 0.25) is 5.02 Å². The first-order valence-electron chi connectivity index (χ1n) is 8.83. The SMILES string of the molecule is COc1cc2c(Nc3cc(O)c(Cl)cc3F)ncnc2cc1OCc1nccn1C.Cl. The smallest absolute Gasteiger partial charge is 0.164 e. The standard InChI is InChI=1S/C20H17ClFN5O3.ClH/c1-27-4-3-23-19(27)9-30-18-8-14-11(5-17(18)29-2)20(25-10-24-14)26-15-7-16(28)12(21)6-13(15)22;/h3-8,10,28H,9H2,1-2H3,(H,24,25,26);1H. The van der Waals surface area contributed by atoms with Gasteiger partial charge in [-0.25, -0.2) is 19.3 Å².